The Balaban J connectivity index is 1.01. The van der Waals surface area contributed by atoms with Crippen LogP contribution >= 0.6 is 11.3 Å². The molecule has 8 heteroatoms. The standard InChI is InChI=1S/C38H42N6OS/c1-4-38(19-26-12-13-27(18-26)20-38)23-44-25(3)31(21-39-44)29-14-15-35(40-24(29)2)43-17-16-28-8-7-9-30(32(28)22-43)36(45)42-37-41-33-10-5-6-11-34(33)46-37/h5-11,14-15,21,26-27H,4,12-13,16-20,22-23H2,1-3H3,(H,41,42,45). The van der Waals surface area contributed by atoms with E-state index in [0.29, 0.717) is 22.7 Å². The van der Waals surface area contributed by atoms with Crippen LogP contribution in [-0.4, -0.2) is 32.2 Å². The highest BCUT2D eigenvalue weighted by Crippen LogP contribution is 2.53. The van der Waals surface area contributed by atoms with Crippen LogP contribution in [0.4, 0.5) is 10.9 Å². The Kier molecular flexibility index (Phi) is 7.43. The summed E-state index contributed by atoms with van der Waals surface area (Å²) in [5.74, 6) is 2.66. The molecule has 3 aliphatic rings. The van der Waals surface area contributed by atoms with E-state index < -0.39 is 0 Å². The number of benzene rings is 2. The summed E-state index contributed by atoms with van der Waals surface area (Å²) in [6, 6.07) is 18.4. The first-order valence-electron chi connectivity index (χ1n) is 16.9. The summed E-state index contributed by atoms with van der Waals surface area (Å²) in [6.07, 6.45) is 11.2. The number of hydrogen-bond acceptors (Lipinski definition) is 6. The van der Waals surface area contributed by atoms with Crippen molar-refractivity contribution in [2.45, 2.75) is 78.8 Å². The number of pyridine rings is 1. The molecule has 2 saturated carbocycles. The van der Waals surface area contributed by atoms with E-state index in [9.17, 15) is 4.79 Å². The van der Waals surface area contributed by atoms with Crippen molar-refractivity contribution in [2.75, 3.05) is 16.8 Å². The lowest BCUT2D eigenvalue weighted by Gasteiger charge is -2.40. The molecular weight excluding hydrogens is 589 g/mol. The van der Waals surface area contributed by atoms with Gasteiger partial charge in [-0.1, -0.05) is 55.4 Å². The van der Waals surface area contributed by atoms with Crippen LogP contribution in [0.5, 0.6) is 0 Å². The first kappa shape index (κ1) is 29.4. The number of fused-ring (bicyclic) bond motifs is 4. The molecule has 2 bridgehead atoms. The average Bonchev–Trinajstić information content (AvgIpc) is 3.75. The van der Waals surface area contributed by atoms with E-state index in [1.807, 2.05) is 42.6 Å². The minimum absolute atomic E-state index is 0.115. The number of anilines is 2. The second-order valence-corrected chi connectivity index (χ2v) is 15.0. The second-order valence-electron chi connectivity index (χ2n) is 14.0. The monoisotopic (exact) mass is 630 g/mol. The lowest BCUT2D eigenvalue weighted by atomic mass is 9.67. The van der Waals surface area contributed by atoms with E-state index in [1.54, 1.807) is 0 Å². The number of nitrogens with one attached hydrogen (secondary N) is 1. The Morgan fingerprint density at radius 3 is 2.61 bits per heavy atom. The predicted octanol–water partition coefficient (Wildman–Crippen LogP) is 8.59. The molecule has 2 fully saturated rings. The molecule has 1 aliphatic heterocycles. The Morgan fingerprint density at radius 1 is 1.00 bits per heavy atom. The first-order valence-corrected chi connectivity index (χ1v) is 17.7. The van der Waals surface area contributed by atoms with Gasteiger partial charge in [0.25, 0.3) is 5.91 Å². The third kappa shape index (κ3) is 5.30. The minimum Gasteiger partial charge on any atom is -0.352 e. The highest BCUT2D eigenvalue weighted by atomic mass is 32.1. The maximum absolute atomic E-state index is 13.5. The van der Waals surface area contributed by atoms with Gasteiger partial charge in [-0.2, -0.15) is 5.10 Å². The SMILES string of the molecule is CCC1(Cn2ncc(-c3ccc(N4CCc5cccc(C(=O)Nc6nc7ccccc7s6)c5C4)nc3C)c2C)CC2CCC(C2)C1. The zero-order valence-electron chi connectivity index (χ0n) is 27.1. The number of aromatic nitrogens is 4. The smallest absolute Gasteiger partial charge is 0.257 e. The molecule has 236 valence electrons. The number of aryl methyl sites for hydroxylation is 1. The van der Waals surface area contributed by atoms with Crippen molar-refractivity contribution >= 4 is 38.4 Å². The minimum atomic E-state index is -0.115. The molecule has 2 atom stereocenters. The summed E-state index contributed by atoms with van der Waals surface area (Å²) in [5, 5.41) is 8.62. The first-order chi connectivity index (χ1) is 22.4. The van der Waals surface area contributed by atoms with Crippen LogP contribution in [0.3, 0.4) is 0 Å². The van der Waals surface area contributed by atoms with Crippen molar-refractivity contribution in [3.8, 4) is 11.1 Å². The van der Waals surface area contributed by atoms with Crippen molar-refractivity contribution in [1.82, 2.24) is 19.7 Å². The normalized spacial score (nSPS) is 22.3. The number of carbonyl (C=O) groups excluding carboxylic acids is 1. The van der Waals surface area contributed by atoms with Gasteiger partial charge in [0, 0.05) is 47.7 Å². The number of hydrogen-bond donors (Lipinski definition) is 1. The molecule has 0 spiro atoms. The summed E-state index contributed by atoms with van der Waals surface area (Å²) < 4.78 is 3.34. The zero-order valence-corrected chi connectivity index (χ0v) is 27.9. The molecule has 2 aliphatic carbocycles. The highest BCUT2D eigenvalue weighted by molar-refractivity contribution is 7.22. The van der Waals surface area contributed by atoms with E-state index in [2.05, 4.69) is 58.9 Å². The summed E-state index contributed by atoms with van der Waals surface area (Å²) in [7, 11) is 0. The summed E-state index contributed by atoms with van der Waals surface area (Å²) in [6.45, 7) is 9.24. The van der Waals surface area contributed by atoms with E-state index >= 15 is 0 Å². The summed E-state index contributed by atoms with van der Waals surface area (Å²) >= 11 is 1.50. The van der Waals surface area contributed by atoms with Gasteiger partial charge >= 0.3 is 0 Å². The third-order valence-electron chi connectivity index (χ3n) is 11.1. The number of carbonyl (C=O) groups is 1. The van der Waals surface area contributed by atoms with E-state index in [1.165, 1.54) is 66.7 Å². The van der Waals surface area contributed by atoms with Gasteiger partial charge < -0.3 is 4.90 Å². The molecule has 3 aromatic heterocycles. The number of thiazole rings is 1. The molecule has 1 amide bonds. The number of para-hydroxylation sites is 1. The van der Waals surface area contributed by atoms with Crippen LogP contribution in [0.15, 0.2) is 60.8 Å². The van der Waals surface area contributed by atoms with Crippen LogP contribution in [0.2, 0.25) is 0 Å². The Bertz CT molecular complexity index is 1900. The van der Waals surface area contributed by atoms with Gasteiger partial charge in [0.05, 0.1) is 16.4 Å². The maximum Gasteiger partial charge on any atom is 0.257 e. The van der Waals surface area contributed by atoms with Crippen LogP contribution in [0.1, 0.15) is 78.3 Å². The van der Waals surface area contributed by atoms with Gasteiger partial charge in [-0.15, -0.1) is 0 Å². The van der Waals surface area contributed by atoms with E-state index in [-0.39, 0.29) is 5.91 Å². The van der Waals surface area contributed by atoms with Gasteiger partial charge in [0.15, 0.2) is 5.13 Å². The van der Waals surface area contributed by atoms with Crippen molar-refractivity contribution in [3.63, 3.8) is 0 Å². The summed E-state index contributed by atoms with van der Waals surface area (Å²) in [4.78, 5) is 25.5. The molecule has 46 heavy (non-hydrogen) atoms. The Labute approximate surface area is 275 Å². The fourth-order valence-corrected chi connectivity index (χ4v) is 9.52. The van der Waals surface area contributed by atoms with Crippen LogP contribution in [-0.2, 0) is 19.5 Å². The molecule has 5 aromatic rings. The van der Waals surface area contributed by atoms with Crippen molar-refractivity contribution in [2.24, 2.45) is 17.3 Å². The summed E-state index contributed by atoms with van der Waals surface area (Å²) in [5.41, 5.74) is 8.84. The van der Waals surface area contributed by atoms with Gasteiger partial charge in [-0.05, 0) is 105 Å². The van der Waals surface area contributed by atoms with Gasteiger partial charge in [0.1, 0.15) is 5.82 Å². The fourth-order valence-electron chi connectivity index (χ4n) is 8.66. The lowest BCUT2D eigenvalue weighted by molar-refractivity contribution is 0.0960. The van der Waals surface area contributed by atoms with Crippen LogP contribution in [0, 0.1) is 31.1 Å². The van der Waals surface area contributed by atoms with Gasteiger partial charge in [0.2, 0.25) is 0 Å². The molecule has 2 unspecified atom stereocenters. The average molecular weight is 631 g/mol. The van der Waals surface area contributed by atoms with Crippen LogP contribution in [0.25, 0.3) is 21.3 Å². The maximum atomic E-state index is 13.5. The molecule has 2 aromatic carbocycles. The van der Waals surface area contributed by atoms with Crippen molar-refractivity contribution in [3.05, 3.63) is 88.9 Å². The molecule has 4 heterocycles. The predicted molar refractivity (Wildman–Crippen MR) is 186 cm³/mol. The molecule has 0 saturated heterocycles. The molecule has 0 radical (unpaired) electrons. The number of amides is 1. The molecule has 1 N–H and O–H groups in total. The number of rotatable bonds is 7. The Morgan fingerprint density at radius 2 is 1.83 bits per heavy atom. The lowest BCUT2D eigenvalue weighted by Crippen LogP contribution is -2.34. The van der Waals surface area contributed by atoms with Crippen LogP contribution < -0.4 is 10.2 Å². The molecular formula is C38H42N6OS. The molecule has 7 nitrogen and oxygen atoms in total. The quantitative estimate of drug-likeness (QED) is 0.195. The van der Waals surface area contributed by atoms with E-state index in [0.717, 1.165) is 64.2 Å². The molecule has 8 rings (SSSR count). The highest BCUT2D eigenvalue weighted by Gasteiger charge is 2.43. The van der Waals surface area contributed by atoms with Crippen molar-refractivity contribution in [1.29, 1.82) is 0 Å². The van der Waals surface area contributed by atoms with Crippen molar-refractivity contribution < 1.29 is 4.79 Å². The topological polar surface area (TPSA) is 75.9 Å². The van der Waals surface area contributed by atoms with Gasteiger partial charge in [-0.3, -0.25) is 14.8 Å². The number of nitrogens with zero attached hydrogens (tertiary/aromatic N) is 5. The van der Waals surface area contributed by atoms with E-state index in [4.69, 9.17) is 10.1 Å². The van der Waals surface area contributed by atoms with Gasteiger partial charge in [-0.25, -0.2) is 9.97 Å². The fraction of sp³-hybridized carbons (Fsp3) is 0.421. The Hall–Kier alpha value is -4.04. The second kappa shape index (κ2) is 11.6. The largest absolute Gasteiger partial charge is 0.352 e. The zero-order chi connectivity index (χ0) is 31.4. The third-order valence-corrected chi connectivity index (χ3v) is 12.1.